The molecule has 0 bridgehead atoms. The summed E-state index contributed by atoms with van der Waals surface area (Å²) in [5.74, 6) is 0.206. The van der Waals surface area contributed by atoms with Crippen LogP contribution in [0.4, 0.5) is 0 Å². The molecule has 0 radical (unpaired) electrons. The second kappa shape index (κ2) is 28.9. The first kappa shape index (κ1) is 36.9. The zero-order valence-corrected chi connectivity index (χ0v) is 25.6. The van der Waals surface area contributed by atoms with Crippen molar-refractivity contribution < 1.29 is 24.2 Å². The van der Waals surface area contributed by atoms with Crippen LogP contribution < -0.4 is 0 Å². The van der Waals surface area contributed by atoms with E-state index in [4.69, 9.17) is 9.47 Å². The van der Waals surface area contributed by atoms with E-state index in [1.165, 1.54) is 109 Å². The number of ether oxygens (including phenoxy) is 2. The first-order chi connectivity index (χ1) is 18.5. The number of aliphatic hydroxyl groups is 1. The molecule has 5 nitrogen and oxygen atoms in total. The minimum Gasteiger partial charge on any atom is -0.462 e. The van der Waals surface area contributed by atoms with Crippen LogP contribution in [0.3, 0.4) is 0 Å². The Labute approximate surface area is 236 Å². The van der Waals surface area contributed by atoms with Gasteiger partial charge in [0.15, 0.2) is 6.10 Å². The van der Waals surface area contributed by atoms with Gasteiger partial charge in [-0.05, 0) is 18.8 Å². The molecule has 5 heteroatoms. The summed E-state index contributed by atoms with van der Waals surface area (Å²) >= 11 is 0. The number of hydrogen-bond acceptors (Lipinski definition) is 5. The van der Waals surface area contributed by atoms with Crippen LogP contribution in [0.2, 0.25) is 0 Å². The SMILES string of the molecule is CCCCCCCCCCCCCCCCC(=O)OC[C@H](CO)OC(=O)CCCCCCCCCC(C)C. The minimum absolute atomic E-state index is 0.0595. The Balaban J connectivity index is 3.54. The van der Waals surface area contributed by atoms with Gasteiger partial charge in [0, 0.05) is 12.8 Å². The van der Waals surface area contributed by atoms with Crippen molar-refractivity contribution in [3.63, 3.8) is 0 Å². The summed E-state index contributed by atoms with van der Waals surface area (Å²) < 4.78 is 10.5. The summed E-state index contributed by atoms with van der Waals surface area (Å²) in [6.45, 7) is 6.42. The highest BCUT2D eigenvalue weighted by atomic mass is 16.6. The smallest absolute Gasteiger partial charge is 0.306 e. The lowest BCUT2D eigenvalue weighted by Crippen LogP contribution is -2.28. The second-order valence-electron chi connectivity index (χ2n) is 11.7. The van der Waals surface area contributed by atoms with E-state index in [0.717, 1.165) is 38.0 Å². The van der Waals surface area contributed by atoms with Gasteiger partial charge in [0.2, 0.25) is 0 Å². The maximum atomic E-state index is 12.0. The molecule has 0 fully saturated rings. The molecule has 0 unspecified atom stereocenters. The Kier molecular flexibility index (Phi) is 28.1. The van der Waals surface area contributed by atoms with Gasteiger partial charge in [-0.25, -0.2) is 0 Å². The molecule has 226 valence electrons. The summed E-state index contributed by atoms with van der Waals surface area (Å²) in [6, 6.07) is 0. The Hall–Kier alpha value is -1.10. The maximum absolute atomic E-state index is 12.0. The zero-order valence-electron chi connectivity index (χ0n) is 25.6. The molecule has 0 amide bonds. The lowest BCUT2D eigenvalue weighted by Gasteiger charge is -2.15. The van der Waals surface area contributed by atoms with E-state index in [-0.39, 0.29) is 25.2 Å². The molecule has 38 heavy (non-hydrogen) atoms. The second-order valence-corrected chi connectivity index (χ2v) is 11.7. The van der Waals surface area contributed by atoms with Crippen molar-refractivity contribution in [2.45, 2.75) is 181 Å². The largest absolute Gasteiger partial charge is 0.462 e. The zero-order chi connectivity index (χ0) is 28.1. The number of hydrogen-bond donors (Lipinski definition) is 1. The fourth-order valence-electron chi connectivity index (χ4n) is 4.80. The van der Waals surface area contributed by atoms with Crippen LogP contribution >= 0.6 is 0 Å². The topological polar surface area (TPSA) is 72.8 Å². The van der Waals surface area contributed by atoms with E-state index < -0.39 is 6.10 Å². The molecule has 0 rings (SSSR count). The molecule has 0 aliphatic carbocycles. The molecule has 0 saturated heterocycles. The predicted molar refractivity (Wildman–Crippen MR) is 159 cm³/mol. The van der Waals surface area contributed by atoms with Gasteiger partial charge in [-0.1, -0.05) is 149 Å². The highest BCUT2D eigenvalue weighted by Crippen LogP contribution is 2.15. The maximum Gasteiger partial charge on any atom is 0.306 e. The van der Waals surface area contributed by atoms with Crippen molar-refractivity contribution in [2.75, 3.05) is 13.2 Å². The fourth-order valence-corrected chi connectivity index (χ4v) is 4.80. The van der Waals surface area contributed by atoms with Crippen LogP contribution in [0.15, 0.2) is 0 Å². The third-order valence-corrected chi connectivity index (χ3v) is 7.33. The van der Waals surface area contributed by atoms with Gasteiger partial charge in [0.05, 0.1) is 6.61 Å². The average molecular weight is 541 g/mol. The van der Waals surface area contributed by atoms with E-state index in [2.05, 4.69) is 20.8 Å². The average Bonchev–Trinajstić information content (AvgIpc) is 2.90. The van der Waals surface area contributed by atoms with Crippen LogP contribution in [0, 0.1) is 5.92 Å². The van der Waals surface area contributed by atoms with Crippen molar-refractivity contribution in [2.24, 2.45) is 5.92 Å². The molecule has 1 N–H and O–H groups in total. The number of unbranched alkanes of at least 4 members (excludes halogenated alkanes) is 19. The third-order valence-electron chi connectivity index (χ3n) is 7.33. The van der Waals surface area contributed by atoms with Gasteiger partial charge in [-0.2, -0.15) is 0 Å². The van der Waals surface area contributed by atoms with Gasteiger partial charge < -0.3 is 14.6 Å². The highest BCUT2D eigenvalue weighted by molar-refractivity contribution is 5.70. The van der Waals surface area contributed by atoms with Gasteiger partial charge in [-0.3, -0.25) is 9.59 Å². The van der Waals surface area contributed by atoms with Gasteiger partial charge in [0.25, 0.3) is 0 Å². The lowest BCUT2D eigenvalue weighted by atomic mass is 10.0. The highest BCUT2D eigenvalue weighted by Gasteiger charge is 2.16. The number of aliphatic hydroxyl groups excluding tert-OH is 1. The predicted octanol–water partition coefficient (Wildman–Crippen LogP) is 9.47. The Morgan fingerprint density at radius 2 is 0.974 bits per heavy atom. The van der Waals surface area contributed by atoms with Crippen molar-refractivity contribution in [1.29, 1.82) is 0 Å². The van der Waals surface area contributed by atoms with Crippen LogP contribution in [0.25, 0.3) is 0 Å². The van der Waals surface area contributed by atoms with Crippen molar-refractivity contribution >= 4 is 11.9 Å². The summed E-state index contributed by atoms with van der Waals surface area (Å²) in [5, 5.41) is 9.47. The number of rotatable bonds is 29. The van der Waals surface area contributed by atoms with E-state index >= 15 is 0 Å². The molecule has 0 aromatic rings. The first-order valence-electron chi connectivity index (χ1n) is 16.5. The Morgan fingerprint density at radius 1 is 0.579 bits per heavy atom. The molecule has 0 aliphatic heterocycles. The number of carbonyl (C=O) groups is 2. The molecule has 0 aromatic carbocycles. The molecule has 0 spiro atoms. The quantitative estimate of drug-likeness (QED) is 0.0755. The summed E-state index contributed by atoms with van der Waals surface area (Å²) in [4.78, 5) is 24.0. The summed E-state index contributed by atoms with van der Waals surface area (Å²) in [6.07, 6.45) is 27.3. The molecule has 0 aliphatic rings. The molecule has 1 atom stereocenters. The van der Waals surface area contributed by atoms with Crippen molar-refractivity contribution in [3.8, 4) is 0 Å². The van der Waals surface area contributed by atoms with Crippen LogP contribution in [-0.2, 0) is 19.1 Å². The third kappa shape index (κ3) is 27.9. The molecule has 0 heterocycles. The standard InChI is InChI=1S/C33H64O5/c1-4-5-6-7-8-9-10-11-12-13-14-17-20-23-26-32(35)37-29-31(28-34)38-33(36)27-24-21-18-15-16-19-22-25-30(2)3/h30-31,34H,4-29H2,1-3H3/t31-/m0/s1. The van der Waals surface area contributed by atoms with E-state index in [1.807, 2.05) is 0 Å². The summed E-state index contributed by atoms with van der Waals surface area (Å²) in [7, 11) is 0. The first-order valence-corrected chi connectivity index (χ1v) is 16.5. The van der Waals surface area contributed by atoms with Gasteiger partial charge in [-0.15, -0.1) is 0 Å². The van der Waals surface area contributed by atoms with Gasteiger partial charge in [0.1, 0.15) is 6.61 Å². The molecule has 0 saturated carbocycles. The van der Waals surface area contributed by atoms with Crippen LogP contribution in [-0.4, -0.2) is 36.4 Å². The Bertz CT molecular complexity index is 520. The Morgan fingerprint density at radius 3 is 1.39 bits per heavy atom. The fraction of sp³-hybridized carbons (Fsp3) is 0.939. The molecular formula is C33H64O5. The molecular weight excluding hydrogens is 476 g/mol. The van der Waals surface area contributed by atoms with Crippen molar-refractivity contribution in [3.05, 3.63) is 0 Å². The number of esters is 2. The van der Waals surface area contributed by atoms with E-state index in [9.17, 15) is 14.7 Å². The normalized spacial score (nSPS) is 12.1. The summed E-state index contributed by atoms with van der Waals surface area (Å²) in [5.41, 5.74) is 0. The van der Waals surface area contributed by atoms with E-state index in [1.54, 1.807) is 0 Å². The lowest BCUT2D eigenvalue weighted by molar-refractivity contribution is -0.161. The monoisotopic (exact) mass is 540 g/mol. The number of carbonyl (C=O) groups excluding carboxylic acids is 2. The van der Waals surface area contributed by atoms with E-state index in [0.29, 0.717) is 12.8 Å². The van der Waals surface area contributed by atoms with Crippen LogP contribution in [0.1, 0.15) is 175 Å². The minimum atomic E-state index is -0.760. The van der Waals surface area contributed by atoms with Crippen molar-refractivity contribution in [1.82, 2.24) is 0 Å². The van der Waals surface area contributed by atoms with Gasteiger partial charge >= 0.3 is 11.9 Å². The van der Waals surface area contributed by atoms with Crippen LogP contribution in [0.5, 0.6) is 0 Å². The molecule has 0 aromatic heterocycles.